The molecule has 0 amide bonds. The van der Waals surface area contributed by atoms with Crippen molar-refractivity contribution in [2.45, 2.75) is 10.8 Å². The van der Waals surface area contributed by atoms with Gasteiger partial charge in [0.05, 0.1) is 33.3 Å². The Kier molecular flexibility index (Phi) is 8.19. The lowest BCUT2D eigenvalue weighted by atomic mass is 9.43. The first kappa shape index (κ1) is 35.5. The molecule has 9 aromatic carbocycles. The molecule has 0 N–H and O–H groups in total. The van der Waals surface area contributed by atoms with Crippen LogP contribution in [0.1, 0.15) is 33.4 Å². The van der Waals surface area contributed by atoms with E-state index in [0.717, 1.165) is 33.5 Å². The minimum absolute atomic E-state index is 0.684. The third kappa shape index (κ3) is 5.21. The quantitative estimate of drug-likeness (QED) is 0.168. The molecule has 0 atom stereocenters. The number of thiophene rings is 1. The first-order valence-electron chi connectivity index (χ1n) is 20.9. The molecule has 0 saturated heterocycles. The van der Waals surface area contributed by atoms with E-state index in [1.165, 1.54) is 64.7 Å². The van der Waals surface area contributed by atoms with E-state index in [0.29, 0.717) is 0 Å². The summed E-state index contributed by atoms with van der Waals surface area (Å²) in [5.74, 6) is 0. The van der Waals surface area contributed by atoms with Crippen molar-refractivity contribution in [3.63, 3.8) is 0 Å². The minimum Gasteiger partial charge on any atom is -0.244 e. The van der Waals surface area contributed by atoms with E-state index < -0.39 is 10.8 Å². The van der Waals surface area contributed by atoms with Crippen molar-refractivity contribution in [2.75, 3.05) is 0 Å². The Morgan fingerprint density at radius 2 is 0.738 bits per heavy atom. The number of hydrogen-bond acceptors (Lipinski definition) is 3. The normalized spacial score (nSPS) is 13.8. The highest BCUT2D eigenvalue weighted by Crippen LogP contribution is 2.65. The molecule has 0 saturated carbocycles. The zero-order valence-corrected chi connectivity index (χ0v) is 34.1. The molecule has 0 aliphatic heterocycles. The number of para-hydroxylation sites is 2. The summed E-state index contributed by atoms with van der Waals surface area (Å²) < 4.78 is 2.53. The van der Waals surface area contributed by atoms with E-state index in [-0.39, 0.29) is 0 Å². The average molecular weight is 795 g/mol. The van der Waals surface area contributed by atoms with Crippen LogP contribution in [0.2, 0.25) is 0 Å². The van der Waals surface area contributed by atoms with Gasteiger partial charge in [0.2, 0.25) is 0 Å². The Morgan fingerprint density at radius 3 is 1.31 bits per heavy atom. The van der Waals surface area contributed by atoms with Crippen LogP contribution in [-0.2, 0) is 10.8 Å². The van der Waals surface area contributed by atoms with Crippen molar-refractivity contribution in [3.8, 4) is 33.6 Å². The molecule has 0 bridgehead atoms. The van der Waals surface area contributed by atoms with Crippen LogP contribution >= 0.6 is 11.3 Å². The fourth-order valence-corrected chi connectivity index (χ4v) is 11.7. The van der Waals surface area contributed by atoms with Gasteiger partial charge in [0.1, 0.15) is 0 Å². The van der Waals surface area contributed by atoms with Gasteiger partial charge < -0.3 is 0 Å². The van der Waals surface area contributed by atoms with Crippen LogP contribution in [0.15, 0.2) is 231 Å². The van der Waals surface area contributed by atoms with Gasteiger partial charge in [0.25, 0.3) is 0 Å². The summed E-state index contributed by atoms with van der Waals surface area (Å²) in [5.41, 5.74) is 14.0. The SMILES string of the molecule is c1ccc(C2(c3ccccc3)c3ccccc3-c3cc(-c4nc5ccccc5nc4-c4ccc5c(c4)sc4ccccc45)ccc3C2(c2ccccc2)c2ccccc2)cc1. The fourth-order valence-electron chi connectivity index (χ4n) is 10.5. The molecule has 3 heteroatoms. The summed E-state index contributed by atoms with van der Waals surface area (Å²) in [6.07, 6.45) is 0. The third-order valence-corrected chi connectivity index (χ3v) is 14.1. The number of fused-ring (bicyclic) bond motifs is 7. The van der Waals surface area contributed by atoms with Gasteiger partial charge in [-0.2, -0.15) is 0 Å². The van der Waals surface area contributed by atoms with Crippen LogP contribution in [0, 0.1) is 0 Å². The lowest BCUT2D eigenvalue weighted by Crippen LogP contribution is -2.54. The van der Waals surface area contributed by atoms with Gasteiger partial charge in [-0.05, 0) is 74.8 Å². The first-order valence-corrected chi connectivity index (χ1v) is 21.7. The smallest absolute Gasteiger partial charge is 0.0973 e. The Morgan fingerprint density at radius 1 is 0.311 bits per heavy atom. The highest BCUT2D eigenvalue weighted by atomic mass is 32.1. The summed E-state index contributed by atoms with van der Waals surface area (Å²) >= 11 is 1.83. The van der Waals surface area contributed by atoms with Gasteiger partial charge in [-0.3, -0.25) is 0 Å². The molecule has 0 unspecified atom stereocenters. The highest BCUT2D eigenvalue weighted by Gasteiger charge is 2.61. The predicted molar refractivity (Wildman–Crippen MR) is 254 cm³/mol. The fraction of sp³-hybridized carbons (Fsp3) is 0.0345. The number of benzene rings is 9. The third-order valence-electron chi connectivity index (χ3n) is 12.9. The summed E-state index contributed by atoms with van der Waals surface area (Å²) in [7, 11) is 0. The molecule has 0 fully saturated rings. The second-order valence-electron chi connectivity index (χ2n) is 16.0. The van der Waals surface area contributed by atoms with Crippen molar-refractivity contribution >= 4 is 42.5 Å². The molecule has 61 heavy (non-hydrogen) atoms. The number of rotatable bonds is 6. The molecular formula is C58H38N2S. The van der Waals surface area contributed by atoms with Crippen LogP contribution in [0.3, 0.4) is 0 Å². The van der Waals surface area contributed by atoms with E-state index in [4.69, 9.17) is 9.97 Å². The number of nitrogens with zero attached hydrogens (tertiary/aromatic N) is 2. The molecule has 286 valence electrons. The highest BCUT2D eigenvalue weighted by molar-refractivity contribution is 7.25. The van der Waals surface area contributed by atoms with E-state index in [2.05, 4.69) is 218 Å². The predicted octanol–water partition coefficient (Wildman–Crippen LogP) is 14.7. The molecule has 1 aliphatic rings. The maximum Gasteiger partial charge on any atom is 0.0973 e. The topological polar surface area (TPSA) is 25.8 Å². The molecule has 0 radical (unpaired) electrons. The van der Waals surface area contributed by atoms with Crippen LogP contribution < -0.4 is 0 Å². The molecule has 2 nitrogen and oxygen atoms in total. The monoisotopic (exact) mass is 794 g/mol. The van der Waals surface area contributed by atoms with E-state index >= 15 is 0 Å². The van der Waals surface area contributed by atoms with Crippen molar-refractivity contribution in [2.24, 2.45) is 0 Å². The van der Waals surface area contributed by atoms with E-state index in [1.54, 1.807) is 0 Å². The first-order chi connectivity index (χ1) is 30.2. The van der Waals surface area contributed by atoms with Crippen molar-refractivity contribution in [1.29, 1.82) is 0 Å². The second-order valence-corrected chi connectivity index (χ2v) is 17.1. The largest absolute Gasteiger partial charge is 0.244 e. The summed E-state index contributed by atoms with van der Waals surface area (Å²) in [5, 5.41) is 2.55. The lowest BCUT2D eigenvalue weighted by molar-refractivity contribution is 0.415. The van der Waals surface area contributed by atoms with Crippen molar-refractivity contribution in [1.82, 2.24) is 9.97 Å². The molecule has 2 heterocycles. The van der Waals surface area contributed by atoms with Crippen LogP contribution in [0.25, 0.3) is 64.8 Å². The Bertz CT molecular complexity index is 3330. The summed E-state index contributed by atoms with van der Waals surface area (Å²) in [6.45, 7) is 0. The summed E-state index contributed by atoms with van der Waals surface area (Å²) in [4.78, 5) is 10.9. The minimum atomic E-state index is -0.718. The number of aromatic nitrogens is 2. The van der Waals surface area contributed by atoms with E-state index in [1.807, 2.05) is 23.5 Å². The lowest BCUT2D eigenvalue weighted by Gasteiger charge is -2.57. The molecule has 0 spiro atoms. The maximum atomic E-state index is 5.47. The molecule has 2 aromatic heterocycles. The van der Waals surface area contributed by atoms with Crippen molar-refractivity contribution < 1.29 is 0 Å². The van der Waals surface area contributed by atoms with Crippen LogP contribution in [-0.4, -0.2) is 9.97 Å². The zero-order valence-electron chi connectivity index (χ0n) is 33.2. The maximum absolute atomic E-state index is 5.47. The number of hydrogen-bond donors (Lipinski definition) is 0. The average Bonchev–Trinajstić information content (AvgIpc) is 3.72. The van der Waals surface area contributed by atoms with E-state index in [9.17, 15) is 0 Å². The zero-order chi connectivity index (χ0) is 40.4. The Hall–Kier alpha value is -7.46. The van der Waals surface area contributed by atoms with Gasteiger partial charge in [-0.25, -0.2) is 9.97 Å². The molecule has 12 rings (SSSR count). The van der Waals surface area contributed by atoms with Gasteiger partial charge in [0, 0.05) is 31.3 Å². The second kappa shape index (κ2) is 14.1. The Labute approximate surface area is 359 Å². The molecule has 11 aromatic rings. The van der Waals surface area contributed by atoms with Gasteiger partial charge in [-0.1, -0.05) is 200 Å². The Balaban J connectivity index is 1.20. The summed E-state index contributed by atoms with van der Waals surface area (Å²) in [6, 6.07) is 84.6. The standard InChI is InChI=1S/C58H38N2S/c1-5-19-41(20-6-1)57(42-21-7-2-8-22-42)49-29-15-13-27-45(49)48-37-39(34-36-50(48)58(57,43-23-9-3-10-24-43)44-25-11-4-12-26-44)55-56(60-52-31-17-16-30-51(52)59-55)40-33-35-47-46-28-14-18-32-53(46)61-54(47)38-40/h1-38H. The molecule has 1 aliphatic carbocycles. The van der Waals surface area contributed by atoms with Gasteiger partial charge in [-0.15, -0.1) is 11.3 Å². The van der Waals surface area contributed by atoms with Gasteiger partial charge in [0.15, 0.2) is 0 Å². The van der Waals surface area contributed by atoms with Crippen LogP contribution in [0.4, 0.5) is 0 Å². The van der Waals surface area contributed by atoms with Crippen molar-refractivity contribution in [3.05, 3.63) is 264 Å². The van der Waals surface area contributed by atoms with Crippen LogP contribution in [0.5, 0.6) is 0 Å². The molecular weight excluding hydrogens is 757 g/mol. The van der Waals surface area contributed by atoms with Gasteiger partial charge >= 0.3 is 0 Å².